The molecule has 2 aromatic carbocycles. The number of ether oxygens (including phenoxy) is 1. The van der Waals surface area contributed by atoms with Crippen LogP contribution in [0.15, 0.2) is 55.0 Å². The number of aliphatic hydroxyl groups excluding tert-OH is 1. The molecule has 2 aromatic heterocycles. The highest BCUT2D eigenvalue weighted by molar-refractivity contribution is 6.32. The Morgan fingerprint density at radius 2 is 2.10 bits per heavy atom. The predicted molar refractivity (Wildman–Crippen MR) is 118 cm³/mol. The molecule has 0 saturated heterocycles. The van der Waals surface area contributed by atoms with Crippen molar-refractivity contribution in [2.75, 3.05) is 23.8 Å². The Kier molecular flexibility index (Phi) is 4.90. The van der Waals surface area contributed by atoms with Crippen molar-refractivity contribution in [1.82, 2.24) is 14.5 Å². The third-order valence-corrected chi connectivity index (χ3v) is 5.40. The van der Waals surface area contributed by atoms with Gasteiger partial charge in [0.05, 0.1) is 17.1 Å². The molecular formula is C22H20ClN5O2. The number of rotatable bonds is 6. The summed E-state index contributed by atoms with van der Waals surface area (Å²) in [6.07, 6.45) is 4.43. The third kappa shape index (κ3) is 3.53. The van der Waals surface area contributed by atoms with E-state index in [1.807, 2.05) is 41.1 Å². The first-order chi connectivity index (χ1) is 14.7. The standard InChI is InChI=1S/C22H20ClN5O2/c23-17-11-15(27-22-21-18(25-13-26-22)6-8-28(21)9-10-29)2-4-20(17)30-16-3-1-14-5-7-24-19(14)12-16/h1-4,6,8,11-13,24,29H,5,7,9-10H2,(H,25,26,27). The lowest BCUT2D eigenvalue weighted by Crippen LogP contribution is -2.04. The molecule has 0 bridgehead atoms. The molecule has 0 radical (unpaired) electrons. The number of fused-ring (bicyclic) bond motifs is 2. The van der Waals surface area contributed by atoms with Gasteiger partial charge in [-0.25, -0.2) is 9.97 Å². The molecule has 7 nitrogen and oxygen atoms in total. The third-order valence-electron chi connectivity index (χ3n) is 5.10. The maximum absolute atomic E-state index is 9.30. The highest BCUT2D eigenvalue weighted by Gasteiger charge is 2.13. The van der Waals surface area contributed by atoms with E-state index in [4.69, 9.17) is 16.3 Å². The lowest BCUT2D eigenvalue weighted by atomic mass is 10.1. The number of halogens is 1. The van der Waals surface area contributed by atoms with Crippen LogP contribution >= 0.6 is 11.6 Å². The molecule has 3 heterocycles. The first kappa shape index (κ1) is 18.7. The summed E-state index contributed by atoms with van der Waals surface area (Å²) in [6, 6.07) is 13.5. The molecule has 8 heteroatoms. The Labute approximate surface area is 178 Å². The number of nitrogens with zero attached hydrogens (tertiary/aromatic N) is 3. The van der Waals surface area contributed by atoms with E-state index < -0.39 is 0 Å². The summed E-state index contributed by atoms with van der Waals surface area (Å²) in [6.45, 7) is 1.46. The molecule has 0 aliphatic carbocycles. The van der Waals surface area contributed by atoms with Gasteiger partial charge in [0, 0.05) is 36.7 Å². The van der Waals surface area contributed by atoms with Crippen LogP contribution in [0, 0.1) is 0 Å². The Morgan fingerprint density at radius 3 is 2.97 bits per heavy atom. The van der Waals surface area contributed by atoms with Gasteiger partial charge in [0.1, 0.15) is 23.3 Å². The van der Waals surface area contributed by atoms with Gasteiger partial charge >= 0.3 is 0 Å². The average Bonchev–Trinajstić information content (AvgIpc) is 3.38. The van der Waals surface area contributed by atoms with Crippen LogP contribution in [0.25, 0.3) is 11.0 Å². The fourth-order valence-electron chi connectivity index (χ4n) is 3.68. The number of benzene rings is 2. The minimum Gasteiger partial charge on any atom is -0.456 e. The number of aliphatic hydroxyl groups is 1. The molecular weight excluding hydrogens is 402 g/mol. The normalized spacial score (nSPS) is 12.6. The lowest BCUT2D eigenvalue weighted by Gasteiger charge is -2.13. The molecule has 30 heavy (non-hydrogen) atoms. The second-order valence-corrected chi connectivity index (χ2v) is 7.46. The van der Waals surface area contributed by atoms with Crippen molar-refractivity contribution >= 4 is 39.8 Å². The Bertz CT molecular complexity index is 1220. The fraction of sp³-hybridized carbons (Fsp3) is 0.182. The van der Waals surface area contributed by atoms with Crippen molar-refractivity contribution in [3.8, 4) is 11.5 Å². The van der Waals surface area contributed by atoms with Gasteiger partial charge < -0.3 is 25.0 Å². The van der Waals surface area contributed by atoms with E-state index in [2.05, 4.69) is 26.7 Å². The molecule has 152 valence electrons. The molecule has 1 aliphatic rings. The molecule has 0 amide bonds. The summed E-state index contributed by atoms with van der Waals surface area (Å²) in [5.41, 5.74) is 4.82. The van der Waals surface area contributed by atoms with Gasteiger partial charge in [-0.1, -0.05) is 17.7 Å². The van der Waals surface area contributed by atoms with Crippen molar-refractivity contribution in [2.45, 2.75) is 13.0 Å². The smallest absolute Gasteiger partial charge is 0.158 e. The van der Waals surface area contributed by atoms with Crippen molar-refractivity contribution in [3.63, 3.8) is 0 Å². The van der Waals surface area contributed by atoms with Crippen LogP contribution in [-0.2, 0) is 13.0 Å². The van der Waals surface area contributed by atoms with E-state index >= 15 is 0 Å². The van der Waals surface area contributed by atoms with Gasteiger partial charge in [-0.2, -0.15) is 0 Å². The van der Waals surface area contributed by atoms with E-state index in [-0.39, 0.29) is 6.61 Å². The topological polar surface area (TPSA) is 84.2 Å². The Balaban J connectivity index is 1.39. The van der Waals surface area contributed by atoms with Crippen LogP contribution in [0.5, 0.6) is 11.5 Å². The average molecular weight is 422 g/mol. The zero-order valence-electron chi connectivity index (χ0n) is 16.1. The zero-order chi connectivity index (χ0) is 20.5. The summed E-state index contributed by atoms with van der Waals surface area (Å²) in [7, 11) is 0. The van der Waals surface area contributed by atoms with Gasteiger partial charge in [-0.05, 0) is 42.3 Å². The predicted octanol–water partition coefficient (Wildman–Crippen LogP) is 4.58. The number of hydrogen-bond acceptors (Lipinski definition) is 6. The molecule has 4 aromatic rings. The first-order valence-corrected chi connectivity index (χ1v) is 10.1. The molecule has 0 saturated carbocycles. The van der Waals surface area contributed by atoms with E-state index in [0.29, 0.717) is 23.1 Å². The van der Waals surface area contributed by atoms with E-state index in [1.54, 1.807) is 6.07 Å². The second-order valence-electron chi connectivity index (χ2n) is 7.06. The SMILES string of the molecule is OCCn1ccc2ncnc(Nc3ccc(Oc4ccc5c(c4)NCC5)c(Cl)c3)c21. The number of aromatic nitrogens is 3. The zero-order valence-corrected chi connectivity index (χ0v) is 16.9. The van der Waals surface area contributed by atoms with Gasteiger partial charge in [0.2, 0.25) is 0 Å². The van der Waals surface area contributed by atoms with Gasteiger partial charge in [-0.3, -0.25) is 0 Å². The maximum atomic E-state index is 9.30. The first-order valence-electron chi connectivity index (χ1n) is 9.73. The van der Waals surface area contributed by atoms with Crippen LogP contribution < -0.4 is 15.4 Å². The Morgan fingerprint density at radius 1 is 1.17 bits per heavy atom. The molecule has 0 unspecified atom stereocenters. The maximum Gasteiger partial charge on any atom is 0.158 e. The highest BCUT2D eigenvalue weighted by atomic mass is 35.5. The van der Waals surface area contributed by atoms with Gasteiger partial charge in [0.25, 0.3) is 0 Å². The van der Waals surface area contributed by atoms with Crippen molar-refractivity contribution in [2.24, 2.45) is 0 Å². The van der Waals surface area contributed by atoms with Crippen LogP contribution in [0.3, 0.4) is 0 Å². The highest BCUT2D eigenvalue weighted by Crippen LogP contribution is 2.35. The molecule has 0 spiro atoms. The van der Waals surface area contributed by atoms with E-state index in [1.165, 1.54) is 11.9 Å². The molecule has 0 atom stereocenters. The van der Waals surface area contributed by atoms with Crippen molar-refractivity contribution in [3.05, 3.63) is 65.6 Å². The van der Waals surface area contributed by atoms with Crippen LogP contribution in [0.1, 0.15) is 5.56 Å². The van der Waals surface area contributed by atoms with Crippen molar-refractivity contribution in [1.29, 1.82) is 0 Å². The van der Waals surface area contributed by atoms with Gasteiger partial charge in [-0.15, -0.1) is 0 Å². The molecule has 0 fully saturated rings. The summed E-state index contributed by atoms with van der Waals surface area (Å²) in [5, 5.41) is 16.4. The monoisotopic (exact) mass is 421 g/mol. The molecule has 5 rings (SSSR count). The number of anilines is 3. The summed E-state index contributed by atoms with van der Waals surface area (Å²) in [5.74, 6) is 1.97. The van der Waals surface area contributed by atoms with E-state index in [0.717, 1.165) is 41.1 Å². The second kappa shape index (κ2) is 7.85. The van der Waals surface area contributed by atoms with Crippen LogP contribution in [0.2, 0.25) is 5.02 Å². The fourth-order valence-corrected chi connectivity index (χ4v) is 3.90. The lowest BCUT2D eigenvalue weighted by molar-refractivity contribution is 0.278. The van der Waals surface area contributed by atoms with Gasteiger partial charge in [0.15, 0.2) is 5.82 Å². The minimum absolute atomic E-state index is 0.0359. The van der Waals surface area contributed by atoms with E-state index in [9.17, 15) is 5.11 Å². The largest absolute Gasteiger partial charge is 0.456 e. The number of hydrogen-bond donors (Lipinski definition) is 3. The summed E-state index contributed by atoms with van der Waals surface area (Å²) < 4.78 is 7.91. The Hall–Kier alpha value is -3.29. The van der Waals surface area contributed by atoms with Crippen LogP contribution in [-0.4, -0.2) is 32.8 Å². The quantitative estimate of drug-likeness (QED) is 0.422. The van der Waals surface area contributed by atoms with Crippen LogP contribution in [0.4, 0.5) is 17.2 Å². The molecule has 3 N–H and O–H groups in total. The summed E-state index contributed by atoms with van der Waals surface area (Å²) >= 11 is 6.49. The summed E-state index contributed by atoms with van der Waals surface area (Å²) in [4.78, 5) is 8.65. The molecule has 1 aliphatic heterocycles. The van der Waals surface area contributed by atoms with Crippen molar-refractivity contribution < 1.29 is 9.84 Å². The minimum atomic E-state index is 0.0359. The number of nitrogens with one attached hydrogen (secondary N) is 2.